The molecule has 0 aliphatic heterocycles. The maximum Gasteiger partial charge on any atom is 0.161 e. The summed E-state index contributed by atoms with van der Waals surface area (Å²) in [5, 5.41) is 10.1. The van der Waals surface area contributed by atoms with E-state index in [1.807, 2.05) is 75.7 Å². The standard InChI is InChI=1S/C22H32N4O3.C2H6/c1-6-16(2)22(23)26-10-9-24-21(26)13-17(3)18-7-8-19(27)20(14-18)29-12-11-28-15-25(4)5;1-2/h7-10,13-14,27H,6,11-12,15,23H2,1-5H3;1-2H3/b17-13+,22-16-;. The minimum absolute atomic E-state index is 0.0985. The summed E-state index contributed by atoms with van der Waals surface area (Å²) in [5.74, 6) is 1.96. The van der Waals surface area contributed by atoms with Crippen molar-refractivity contribution in [3.8, 4) is 11.5 Å². The molecule has 0 bridgehead atoms. The van der Waals surface area contributed by atoms with Crippen LogP contribution >= 0.6 is 0 Å². The first-order chi connectivity index (χ1) is 14.8. The van der Waals surface area contributed by atoms with Gasteiger partial charge in [0.1, 0.15) is 18.3 Å². The van der Waals surface area contributed by atoms with Crippen molar-refractivity contribution in [2.24, 2.45) is 5.73 Å². The van der Waals surface area contributed by atoms with Crippen LogP contribution in [0.2, 0.25) is 0 Å². The second kappa shape index (κ2) is 13.5. The number of rotatable bonds is 10. The predicted molar refractivity (Wildman–Crippen MR) is 129 cm³/mol. The highest BCUT2D eigenvalue weighted by atomic mass is 16.5. The fraction of sp³-hybridized carbons (Fsp3) is 0.458. The number of phenols is 1. The molecule has 7 nitrogen and oxygen atoms in total. The van der Waals surface area contributed by atoms with Crippen molar-refractivity contribution in [2.75, 3.05) is 34.0 Å². The number of hydrogen-bond acceptors (Lipinski definition) is 6. The lowest BCUT2D eigenvalue weighted by atomic mass is 10.1. The molecule has 0 aliphatic carbocycles. The van der Waals surface area contributed by atoms with Gasteiger partial charge in [-0.05, 0) is 69.3 Å². The van der Waals surface area contributed by atoms with Crippen LogP contribution in [-0.4, -0.2) is 53.6 Å². The molecule has 0 saturated carbocycles. The third-order valence-electron chi connectivity index (χ3n) is 4.49. The van der Waals surface area contributed by atoms with Gasteiger partial charge in [0, 0.05) is 12.4 Å². The van der Waals surface area contributed by atoms with E-state index in [0.29, 0.717) is 31.5 Å². The SMILES string of the molecule is CC.CC/C(C)=C(/N)n1ccnc1/C=C(\C)c1ccc(O)c(OCCOCN(C)C)c1. The second-order valence-corrected chi connectivity index (χ2v) is 7.15. The average molecular weight is 431 g/mol. The van der Waals surface area contributed by atoms with E-state index in [0.717, 1.165) is 29.0 Å². The lowest BCUT2D eigenvalue weighted by molar-refractivity contribution is 0.0380. The average Bonchev–Trinajstić information content (AvgIpc) is 3.22. The van der Waals surface area contributed by atoms with Gasteiger partial charge in [-0.2, -0.15) is 0 Å². The first-order valence-corrected chi connectivity index (χ1v) is 10.7. The Kier molecular flexibility index (Phi) is 11.5. The molecule has 0 aliphatic rings. The summed E-state index contributed by atoms with van der Waals surface area (Å²) in [6, 6.07) is 5.29. The number of hydrogen-bond donors (Lipinski definition) is 2. The van der Waals surface area contributed by atoms with Crippen molar-refractivity contribution in [3.05, 3.63) is 47.6 Å². The van der Waals surface area contributed by atoms with Crippen molar-refractivity contribution in [1.82, 2.24) is 14.5 Å². The number of nitrogens with two attached hydrogens (primary N) is 1. The second-order valence-electron chi connectivity index (χ2n) is 7.15. The molecule has 1 aromatic carbocycles. The molecule has 0 spiro atoms. The molecule has 0 radical (unpaired) electrons. The van der Waals surface area contributed by atoms with Crippen LogP contribution in [0, 0.1) is 0 Å². The van der Waals surface area contributed by atoms with Gasteiger partial charge < -0.3 is 20.3 Å². The molecule has 3 N–H and O–H groups in total. The van der Waals surface area contributed by atoms with Gasteiger partial charge in [0.2, 0.25) is 0 Å². The quantitative estimate of drug-likeness (QED) is 0.422. The molecule has 0 fully saturated rings. The number of allylic oxidation sites excluding steroid dienone is 2. The van der Waals surface area contributed by atoms with Crippen LogP contribution < -0.4 is 10.5 Å². The Labute approximate surface area is 186 Å². The number of benzene rings is 1. The van der Waals surface area contributed by atoms with E-state index in [-0.39, 0.29) is 5.75 Å². The molecular weight excluding hydrogens is 392 g/mol. The zero-order valence-electron chi connectivity index (χ0n) is 20.0. The molecule has 0 amide bonds. The minimum Gasteiger partial charge on any atom is -0.504 e. The highest BCUT2D eigenvalue weighted by molar-refractivity contribution is 5.80. The Balaban J connectivity index is 0.00000233. The highest BCUT2D eigenvalue weighted by Crippen LogP contribution is 2.30. The Bertz CT molecular complexity index is 869. The number of nitrogens with zero attached hydrogens (tertiary/aromatic N) is 3. The van der Waals surface area contributed by atoms with Crippen LogP contribution in [0.4, 0.5) is 0 Å². The van der Waals surface area contributed by atoms with Crippen LogP contribution in [-0.2, 0) is 4.74 Å². The molecule has 0 unspecified atom stereocenters. The Morgan fingerprint density at radius 3 is 2.58 bits per heavy atom. The van der Waals surface area contributed by atoms with Gasteiger partial charge in [-0.25, -0.2) is 4.98 Å². The van der Waals surface area contributed by atoms with E-state index in [4.69, 9.17) is 15.2 Å². The monoisotopic (exact) mass is 430 g/mol. The van der Waals surface area contributed by atoms with Crippen LogP contribution in [0.3, 0.4) is 0 Å². The molecular formula is C24H38N4O3. The number of phenolic OH excluding ortho intramolecular Hbond substituents is 1. The lowest BCUT2D eigenvalue weighted by Gasteiger charge is -2.13. The third kappa shape index (κ3) is 8.11. The zero-order chi connectivity index (χ0) is 23.4. The largest absolute Gasteiger partial charge is 0.504 e. The Hall–Kier alpha value is -2.77. The van der Waals surface area contributed by atoms with Crippen LogP contribution in [0.1, 0.15) is 52.4 Å². The molecule has 1 aromatic heterocycles. The molecule has 0 atom stereocenters. The van der Waals surface area contributed by atoms with Crippen molar-refractivity contribution in [3.63, 3.8) is 0 Å². The fourth-order valence-corrected chi connectivity index (χ4v) is 2.62. The molecule has 0 saturated heterocycles. The first-order valence-electron chi connectivity index (χ1n) is 10.7. The summed E-state index contributed by atoms with van der Waals surface area (Å²) in [7, 11) is 3.87. The van der Waals surface area contributed by atoms with Crippen molar-refractivity contribution >= 4 is 17.5 Å². The summed E-state index contributed by atoms with van der Waals surface area (Å²) in [6.45, 7) is 11.4. The summed E-state index contributed by atoms with van der Waals surface area (Å²) >= 11 is 0. The topological polar surface area (TPSA) is 85.8 Å². The maximum absolute atomic E-state index is 10.1. The number of imidazole rings is 1. The Morgan fingerprint density at radius 1 is 1.23 bits per heavy atom. The van der Waals surface area contributed by atoms with Crippen molar-refractivity contribution < 1.29 is 14.6 Å². The molecule has 2 aromatic rings. The number of aromatic nitrogens is 2. The minimum atomic E-state index is 0.0985. The van der Waals surface area contributed by atoms with Crippen molar-refractivity contribution in [2.45, 2.75) is 41.0 Å². The summed E-state index contributed by atoms with van der Waals surface area (Å²) in [5.41, 5.74) is 9.27. The summed E-state index contributed by atoms with van der Waals surface area (Å²) in [6.07, 6.45) is 6.43. The Morgan fingerprint density at radius 2 is 1.94 bits per heavy atom. The smallest absolute Gasteiger partial charge is 0.161 e. The highest BCUT2D eigenvalue weighted by Gasteiger charge is 2.09. The van der Waals surface area contributed by atoms with E-state index in [1.54, 1.807) is 12.3 Å². The van der Waals surface area contributed by atoms with Gasteiger partial charge >= 0.3 is 0 Å². The normalized spacial score (nSPS) is 12.3. The molecule has 172 valence electrons. The van der Waals surface area contributed by atoms with E-state index in [9.17, 15) is 5.11 Å². The number of aromatic hydroxyl groups is 1. The van der Waals surface area contributed by atoms with Crippen LogP contribution in [0.15, 0.2) is 36.2 Å². The fourth-order valence-electron chi connectivity index (χ4n) is 2.62. The van der Waals surface area contributed by atoms with Gasteiger partial charge in [-0.15, -0.1) is 0 Å². The predicted octanol–water partition coefficient (Wildman–Crippen LogP) is 4.65. The lowest BCUT2D eigenvalue weighted by Crippen LogP contribution is -2.18. The molecule has 7 heteroatoms. The zero-order valence-corrected chi connectivity index (χ0v) is 20.0. The maximum atomic E-state index is 10.1. The number of ether oxygens (including phenoxy) is 2. The summed E-state index contributed by atoms with van der Waals surface area (Å²) < 4.78 is 13.0. The van der Waals surface area contributed by atoms with Crippen molar-refractivity contribution in [1.29, 1.82) is 0 Å². The first kappa shape index (κ1) is 26.3. The van der Waals surface area contributed by atoms with Gasteiger partial charge in [0.15, 0.2) is 11.5 Å². The van der Waals surface area contributed by atoms with Crippen LogP contribution in [0.5, 0.6) is 11.5 Å². The van der Waals surface area contributed by atoms with Gasteiger partial charge in [-0.1, -0.05) is 26.8 Å². The van der Waals surface area contributed by atoms with Crippen LogP contribution in [0.25, 0.3) is 17.5 Å². The third-order valence-corrected chi connectivity index (χ3v) is 4.49. The van der Waals surface area contributed by atoms with E-state index in [1.165, 1.54) is 0 Å². The molecule has 2 rings (SSSR count). The molecule has 1 heterocycles. The van der Waals surface area contributed by atoms with Gasteiger partial charge in [0.25, 0.3) is 0 Å². The van der Waals surface area contributed by atoms with Gasteiger partial charge in [0.05, 0.1) is 13.3 Å². The summed E-state index contributed by atoms with van der Waals surface area (Å²) in [4.78, 5) is 6.35. The molecule has 31 heavy (non-hydrogen) atoms. The van der Waals surface area contributed by atoms with E-state index >= 15 is 0 Å². The van der Waals surface area contributed by atoms with E-state index in [2.05, 4.69) is 11.9 Å². The van der Waals surface area contributed by atoms with Gasteiger partial charge in [-0.3, -0.25) is 9.47 Å². The van der Waals surface area contributed by atoms with E-state index < -0.39 is 0 Å².